The van der Waals surface area contributed by atoms with Crippen molar-refractivity contribution in [3.63, 3.8) is 0 Å². The smallest absolute Gasteiger partial charge is 0.229 e. The van der Waals surface area contributed by atoms with Crippen LogP contribution in [0, 0.1) is 11.6 Å². The van der Waals surface area contributed by atoms with Gasteiger partial charge < -0.3 is 15.4 Å². The van der Waals surface area contributed by atoms with Crippen molar-refractivity contribution in [1.29, 1.82) is 0 Å². The second kappa shape index (κ2) is 5.55. The fourth-order valence-corrected chi connectivity index (χ4v) is 2.03. The van der Waals surface area contributed by atoms with E-state index in [-0.39, 0.29) is 34.7 Å². The molecule has 0 bridgehead atoms. The number of hydrogen-bond acceptors (Lipinski definition) is 5. The molecular weight excluding hydrogens is 336 g/mol. The van der Waals surface area contributed by atoms with Crippen molar-refractivity contribution in [3.8, 4) is 11.4 Å². The van der Waals surface area contributed by atoms with E-state index in [0.717, 1.165) is 6.07 Å². The van der Waals surface area contributed by atoms with Gasteiger partial charge in [0.2, 0.25) is 11.7 Å². The highest BCUT2D eigenvalue weighted by molar-refractivity contribution is 9.10. The van der Waals surface area contributed by atoms with Crippen LogP contribution in [0.4, 0.5) is 8.78 Å². The number of nitrogens with two attached hydrogens (primary N) is 1. The number of aliphatic hydroxyl groups is 1. The summed E-state index contributed by atoms with van der Waals surface area (Å²) < 4.78 is 31.4. The Morgan fingerprint density at radius 2 is 2.15 bits per heavy atom. The molecule has 5 nitrogen and oxygen atoms in total. The summed E-state index contributed by atoms with van der Waals surface area (Å²) in [6.07, 6.45) is 0.0673. The largest absolute Gasteiger partial charge is 0.388 e. The van der Waals surface area contributed by atoms with E-state index in [1.54, 1.807) is 0 Å². The van der Waals surface area contributed by atoms with Crippen molar-refractivity contribution in [2.75, 3.05) is 6.54 Å². The van der Waals surface area contributed by atoms with E-state index in [4.69, 9.17) is 10.3 Å². The van der Waals surface area contributed by atoms with Gasteiger partial charge in [0.15, 0.2) is 11.6 Å². The normalized spacial score (nSPS) is 14.3. The van der Waals surface area contributed by atoms with E-state index < -0.39 is 17.2 Å². The molecule has 20 heavy (non-hydrogen) atoms. The van der Waals surface area contributed by atoms with Gasteiger partial charge in [0.1, 0.15) is 0 Å². The molecule has 3 N–H and O–H groups in total. The molecule has 108 valence electrons. The highest BCUT2D eigenvalue weighted by Gasteiger charge is 2.24. The fourth-order valence-electron chi connectivity index (χ4n) is 1.53. The number of aromatic nitrogens is 2. The summed E-state index contributed by atoms with van der Waals surface area (Å²) >= 11 is 2.95. The molecule has 0 spiro atoms. The topological polar surface area (TPSA) is 85.2 Å². The third kappa shape index (κ3) is 3.02. The molecule has 2 rings (SSSR count). The van der Waals surface area contributed by atoms with Crippen LogP contribution in [0.15, 0.2) is 21.1 Å². The van der Waals surface area contributed by atoms with Crippen molar-refractivity contribution in [2.45, 2.75) is 18.9 Å². The van der Waals surface area contributed by atoms with Crippen LogP contribution in [0.5, 0.6) is 0 Å². The number of benzene rings is 1. The molecule has 0 saturated heterocycles. The quantitative estimate of drug-likeness (QED) is 0.826. The Kier molecular flexibility index (Phi) is 4.17. The predicted octanol–water partition coefficient (Wildman–Crippen LogP) is 2.03. The Hall–Kier alpha value is -1.38. The Morgan fingerprint density at radius 3 is 2.80 bits per heavy atom. The lowest BCUT2D eigenvalue weighted by Gasteiger charge is -2.17. The van der Waals surface area contributed by atoms with Crippen LogP contribution in [0.25, 0.3) is 11.4 Å². The van der Waals surface area contributed by atoms with Crippen LogP contribution in [0.1, 0.15) is 12.8 Å². The lowest BCUT2D eigenvalue weighted by Crippen LogP contribution is -2.36. The van der Waals surface area contributed by atoms with E-state index in [1.807, 2.05) is 0 Å². The summed E-state index contributed by atoms with van der Waals surface area (Å²) in [6.45, 7) is 1.56. The first-order valence-electron chi connectivity index (χ1n) is 5.73. The van der Waals surface area contributed by atoms with Gasteiger partial charge in [0.25, 0.3) is 0 Å². The first kappa shape index (κ1) is 15.0. The Bertz CT molecular complexity index is 631. The van der Waals surface area contributed by atoms with Crippen molar-refractivity contribution < 1.29 is 18.4 Å². The first-order valence-corrected chi connectivity index (χ1v) is 6.52. The SMILES string of the molecule is CC(O)(CN)Cc1nc(-c2ccc(F)c(F)c2Br)no1. The van der Waals surface area contributed by atoms with Gasteiger partial charge in [0, 0.05) is 12.1 Å². The zero-order valence-corrected chi connectivity index (χ0v) is 12.1. The van der Waals surface area contributed by atoms with Gasteiger partial charge in [-0.2, -0.15) is 4.98 Å². The number of nitrogens with zero attached hydrogens (tertiary/aromatic N) is 2. The van der Waals surface area contributed by atoms with E-state index in [9.17, 15) is 13.9 Å². The Morgan fingerprint density at radius 1 is 1.45 bits per heavy atom. The molecule has 1 unspecified atom stereocenters. The highest BCUT2D eigenvalue weighted by Crippen LogP contribution is 2.30. The summed E-state index contributed by atoms with van der Waals surface area (Å²) in [6, 6.07) is 2.31. The predicted molar refractivity (Wildman–Crippen MR) is 70.7 cm³/mol. The molecule has 0 saturated carbocycles. The lowest BCUT2D eigenvalue weighted by atomic mass is 10.0. The molecule has 1 atom stereocenters. The number of rotatable bonds is 4. The molecule has 8 heteroatoms. The summed E-state index contributed by atoms with van der Waals surface area (Å²) in [4.78, 5) is 4.03. The van der Waals surface area contributed by atoms with Crippen LogP contribution in [-0.4, -0.2) is 27.4 Å². The molecule has 2 aromatic rings. The van der Waals surface area contributed by atoms with Crippen LogP contribution in [0.2, 0.25) is 0 Å². The molecule has 1 aromatic heterocycles. The average Bonchev–Trinajstić information content (AvgIpc) is 2.83. The molecule has 0 radical (unpaired) electrons. The van der Waals surface area contributed by atoms with Gasteiger partial charge in [-0.05, 0) is 35.0 Å². The summed E-state index contributed by atoms with van der Waals surface area (Å²) in [7, 11) is 0. The van der Waals surface area contributed by atoms with Gasteiger partial charge in [0.05, 0.1) is 16.5 Å². The zero-order chi connectivity index (χ0) is 14.9. The maximum atomic E-state index is 13.4. The van der Waals surface area contributed by atoms with Crippen molar-refractivity contribution >= 4 is 15.9 Å². The second-order valence-electron chi connectivity index (χ2n) is 4.61. The van der Waals surface area contributed by atoms with Crippen LogP contribution < -0.4 is 5.73 Å². The Balaban J connectivity index is 2.32. The van der Waals surface area contributed by atoms with Gasteiger partial charge in [-0.3, -0.25) is 0 Å². The monoisotopic (exact) mass is 347 g/mol. The Labute approximate surface area is 121 Å². The minimum Gasteiger partial charge on any atom is -0.388 e. The van der Waals surface area contributed by atoms with Crippen LogP contribution in [-0.2, 0) is 6.42 Å². The van der Waals surface area contributed by atoms with E-state index in [1.165, 1.54) is 13.0 Å². The first-order chi connectivity index (χ1) is 9.34. The average molecular weight is 348 g/mol. The lowest BCUT2D eigenvalue weighted by molar-refractivity contribution is 0.0610. The standard InChI is InChI=1S/C12H12BrF2N3O2/c1-12(19,5-16)4-8-17-11(18-20-8)6-2-3-7(14)10(15)9(6)13/h2-3,19H,4-5,16H2,1H3. The maximum Gasteiger partial charge on any atom is 0.229 e. The number of halogens is 3. The third-order valence-electron chi connectivity index (χ3n) is 2.72. The van der Waals surface area contributed by atoms with Crippen molar-refractivity contribution in [1.82, 2.24) is 10.1 Å². The molecule has 0 aliphatic rings. The van der Waals surface area contributed by atoms with Crippen LogP contribution in [0.3, 0.4) is 0 Å². The molecule has 0 aliphatic carbocycles. The van der Waals surface area contributed by atoms with E-state index >= 15 is 0 Å². The van der Waals surface area contributed by atoms with Gasteiger partial charge in [-0.25, -0.2) is 8.78 Å². The summed E-state index contributed by atoms with van der Waals surface area (Å²) in [5.41, 5.74) is 4.48. The molecule has 0 aliphatic heterocycles. The maximum absolute atomic E-state index is 13.4. The zero-order valence-electron chi connectivity index (χ0n) is 10.5. The van der Waals surface area contributed by atoms with E-state index in [0.29, 0.717) is 0 Å². The minimum atomic E-state index is -1.17. The molecule has 1 aromatic carbocycles. The van der Waals surface area contributed by atoms with E-state index in [2.05, 4.69) is 26.1 Å². The minimum absolute atomic E-state index is 0.0274. The van der Waals surface area contributed by atoms with Gasteiger partial charge in [-0.1, -0.05) is 5.16 Å². The van der Waals surface area contributed by atoms with Gasteiger partial charge in [-0.15, -0.1) is 0 Å². The molecular formula is C12H12BrF2N3O2. The fraction of sp³-hybridized carbons (Fsp3) is 0.333. The molecule has 0 fully saturated rings. The highest BCUT2D eigenvalue weighted by atomic mass is 79.9. The molecule has 0 amide bonds. The van der Waals surface area contributed by atoms with Gasteiger partial charge >= 0.3 is 0 Å². The number of hydrogen-bond donors (Lipinski definition) is 2. The summed E-state index contributed by atoms with van der Waals surface area (Å²) in [5.74, 6) is -1.75. The second-order valence-corrected chi connectivity index (χ2v) is 5.41. The van der Waals surface area contributed by atoms with Crippen molar-refractivity contribution in [2.24, 2.45) is 5.73 Å². The molecule has 1 heterocycles. The summed E-state index contributed by atoms with van der Waals surface area (Å²) in [5, 5.41) is 13.5. The van der Waals surface area contributed by atoms with Crippen LogP contribution >= 0.6 is 15.9 Å². The van der Waals surface area contributed by atoms with Crippen molar-refractivity contribution in [3.05, 3.63) is 34.1 Å². The third-order valence-corrected chi connectivity index (χ3v) is 3.49.